The molecule has 0 fully saturated rings. The minimum Gasteiger partial charge on any atom is -0.391 e. The van der Waals surface area contributed by atoms with Crippen LogP contribution in [0.5, 0.6) is 0 Å². The Hall–Kier alpha value is -2.75. The minimum absolute atomic E-state index is 0.125. The molecule has 0 saturated carbocycles. The van der Waals surface area contributed by atoms with Gasteiger partial charge in [-0.25, -0.2) is 0 Å². The summed E-state index contributed by atoms with van der Waals surface area (Å²) in [6, 6.07) is 14.3. The average Bonchev–Trinajstić information content (AvgIpc) is 2.77. The summed E-state index contributed by atoms with van der Waals surface area (Å²) in [7, 11) is 0. The Labute approximate surface area is 201 Å². The van der Waals surface area contributed by atoms with Crippen LogP contribution >= 0.6 is 35.0 Å². The Balaban J connectivity index is 1.66. The quantitative estimate of drug-likeness (QED) is 0.133. The van der Waals surface area contributed by atoms with E-state index in [1.165, 1.54) is 24.4 Å². The highest BCUT2D eigenvalue weighted by atomic mass is 35.5. The number of oxime groups is 1. The van der Waals surface area contributed by atoms with E-state index in [-0.39, 0.29) is 18.0 Å². The fourth-order valence-corrected chi connectivity index (χ4v) is 3.99. The van der Waals surface area contributed by atoms with Crippen molar-refractivity contribution in [2.24, 2.45) is 5.16 Å². The average molecular weight is 515 g/mol. The molecule has 11 heteroatoms. The molecule has 172 valence electrons. The molecule has 0 aliphatic carbocycles. The molecule has 3 aromatic carbocycles. The van der Waals surface area contributed by atoms with Crippen molar-refractivity contribution >= 4 is 46.9 Å². The Morgan fingerprint density at radius 1 is 1.03 bits per heavy atom. The highest BCUT2D eigenvalue weighted by Gasteiger charge is 2.30. The monoisotopic (exact) mass is 514 g/mol. The normalized spacial score (nSPS) is 11.7. The number of hydrogen-bond acceptors (Lipinski definition) is 5. The molecule has 0 heterocycles. The lowest BCUT2D eigenvalue weighted by Gasteiger charge is -2.09. The van der Waals surface area contributed by atoms with Gasteiger partial charge in [0, 0.05) is 17.4 Å². The van der Waals surface area contributed by atoms with E-state index in [1.54, 1.807) is 30.3 Å². The van der Waals surface area contributed by atoms with Crippen LogP contribution in [0.2, 0.25) is 10.0 Å². The van der Waals surface area contributed by atoms with Crippen LogP contribution in [-0.4, -0.2) is 11.1 Å². The van der Waals surface area contributed by atoms with Gasteiger partial charge in [-0.3, -0.25) is 10.1 Å². The highest BCUT2D eigenvalue weighted by molar-refractivity contribution is 7.98. The topological polar surface area (TPSA) is 64.7 Å². The van der Waals surface area contributed by atoms with Crippen molar-refractivity contribution in [2.75, 3.05) is 0 Å². The van der Waals surface area contributed by atoms with Crippen LogP contribution in [0.1, 0.15) is 22.3 Å². The van der Waals surface area contributed by atoms with Gasteiger partial charge < -0.3 is 4.84 Å². The van der Waals surface area contributed by atoms with Gasteiger partial charge in [0.1, 0.15) is 6.61 Å². The Morgan fingerprint density at radius 2 is 1.82 bits per heavy atom. The van der Waals surface area contributed by atoms with Crippen molar-refractivity contribution in [3.63, 3.8) is 0 Å². The number of nitro benzene ring substituents is 1. The Bertz CT molecular complexity index is 1190. The largest absolute Gasteiger partial charge is 0.416 e. The summed E-state index contributed by atoms with van der Waals surface area (Å²) in [6.45, 7) is 0.125. The molecule has 0 spiro atoms. The standard InChI is InChI=1S/C22H15Cl2F3N2O3S/c23-18-6-4-15(9-19(18)24)12-32-28-11-14-5-7-21(20(10-14)29(30)31)33-13-16-2-1-3-17(8-16)22(25,26)27/h1-11H,12-13H2/b28-11-. The Kier molecular flexibility index (Phi) is 8.23. The molecule has 0 atom stereocenters. The third-order valence-electron chi connectivity index (χ3n) is 4.32. The molecular formula is C22H15Cl2F3N2O3S. The number of alkyl halides is 3. The molecule has 0 unspecified atom stereocenters. The molecule has 33 heavy (non-hydrogen) atoms. The molecule has 5 nitrogen and oxygen atoms in total. The number of nitrogens with zero attached hydrogens (tertiary/aromatic N) is 2. The van der Waals surface area contributed by atoms with Crippen LogP contribution in [0.3, 0.4) is 0 Å². The summed E-state index contributed by atoms with van der Waals surface area (Å²) in [4.78, 5) is 16.5. The van der Waals surface area contributed by atoms with Crippen LogP contribution in [0.25, 0.3) is 0 Å². The van der Waals surface area contributed by atoms with Gasteiger partial charge in [0.25, 0.3) is 5.69 Å². The first-order valence-corrected chi connectivity index (χ1v) is 11.0. The summed E-state index contributed by atoms with van der Waals surface area (Å²) in [5.74, 6) is 0.144. The second-order valence-corrected chi connectivity index (χ2v) is 8.56. The SMILES string of the molecule is O=[N+]([O-])c1cc(/C=N\OCc2ccc(Cl)c(Cl)c2)ccc1SCc1cccc(C(F)(F)F)c1. The van der Waals surface area contributed by atoms with E-state index in [0.717, 1.165) is 29.5 Å². The van der Waals surface area contributed by atoms with Gasteiger partial charge in [-0.15, -0.1) is 11.8 Å². The maximum absolute atomic E-state index is 12.9. The predicted molar refractivity (Wildman–Crippen MR) is 123 cm³/mol. The number of thioether (sulfide) groups is 1. The Morgan fingerprint density at radius 3 is 2.52 bits per heavy atom. The molecule has 0 radical (unpaired) electrons. The second-order valence-electron chi connectivity index (χ2n) is 6.73. The second kappa shape index (κ2) is 10.9. The van der Waals surface area contributed by atoms with Crippen molar-refractivity contribution in [3.05, 3.63) is 103 Å². The number of benzene rings is 3. The molecule has 0 aliphatic heterocycles. The van der Waals surface area contributed by atoms with Crippen LogP contribution in [0.4, 0.5) is 18.9 Å². The lowest BCUT2D eigenvalue weighted by molar-refractivity contribution is -0.387. The molecule has 3 rings (SSSR count). The summed E-state index contributed by atoms with van der Waals surface area (Å²) in [5, 5.41) is 16.1. The number of nitro groups is 1. The first kappa shape index (κ1) is 24.9. The van der Waals surface area contributed by atoms with Crippen molar-refractivity contribution in [2.45, 2.75) is 23.4 Å². The smallest absolute Gasteiger partial charge is 0.391 e. The van der Waals surface area contributed by atoms with Crippen molar-refractivity contribution in [3.8, 4) is 0 Å². The van der Waals surface area contributed by atoms with Gasteiger partial charge >= 0.3 is 6.18 Å². The molecule has 3 aromatic rings. The van der Waals surface area contributed by atoms with Gasteiger partial charge in [-0.1, -0.05) is 58.7 Å². The molecule has 0 bridgehead atoms. The lowest BCUT2D eigenvalue weighted by atomic mass is 10.1. The van der Waals surface area contributed by atoms with Crippen molar-refractivity contribution in [1.82, 2.24) is 0 Å². The van der Waals surface area contributed by atoms with Crippen LogP contribution in [0, 0.1) is 10.1 Å². The molecule has 0 aromatic heterocycles. The molecule has 0 N–H and O–H groups in total. The first-order valence-electron chi connectivity index (χ1n) is 9.30. The zero-order valence-electron chi connectivity index (χ0n) is 16.7. The minimum atomic E-state index is -4.45. The lowest BCUT2D eigenvalue weighted by Crippen LogP contribution is -2.04. The van der Waals surface area contributed by atoms with E-state index >= 15 is 0 Å². The van der Waals surface area contributed by atoms with E-state index in [9.17, 15) is 23.3 Å². The molecule has 0 amide bonds. The van der Waals surface area contributed by atoms with Crippen molar-refractivity contribution in [1.29, 1.82) is 0 Å². The zero-order chi connectivity index (χ0) is 24.0. The van der Waals surface area contributed by atoms with E-state index in [0.29, 0.717) is 26.1 Å². The van der Waals surface area contributed by atoms with Gasteiger partial charge in [0.15, 0.2) is 0 Å². The highest BCUT2D eigenvalue weighted by Crippen LogP contribution is 2.34. The van der Waals surface area contributed by atoms with Gasteiger partial charge in [-0.2, -0.15) is 13.2 Å². The van der Waals surface area contributed by atoms with Gasteiger partial charge in [0.05, 0.1) is 31.6 Å². The van der Waals surface area contributed by atoms with E-state index in [2.05, 4.69) is 5.16 Å². The number of halogens is 5. The third-order valence-corrected chi connectivity index (χ3v) is 6.19. The van der Waals surface area contributed by atoms with E-state index < -0.39 is 16.7 Å². The maximum atomic E-state index is 12.9. The zero-order valence-corrected chi connectivity index (χ0v) is 19.0. The third kappa shape index (κ3) is 7.12. The van der Waals surface area contributed by atoms with Crippen molar-refractivity contribution < 1.29 is 22.9 Å². The van der Waals surface area contributed by atoms with Crippen LogP contribution < -0.4 is 0 Å². The van der Waals surface area contributed by atoms with Gasteiger partial charge in [0.2, 0.25) is 0 Å². The van der Waals surface area contributed by atoms with E-state index in [4.69, 9.17) is 28.0 Å². The van der Waals surface area contributed by atoms with E-state index in [1.807, 2.05) is 0 Å². The fraction of sp³-hybridized carbons (Fsp3) is 0.136. The summed E-state index contributed by atoms with van der Waals surface area (Å²) >= 11 is 12.9. The van der Waals surface area contributed by atoms with Gasteiger partial charge in [-0.05, 0) is 35.4 Å². The number of rotatable bonds is 8. The predicted octanol–water partition coefficient (Wildman–Crippen LogP) is 7.76. The summed E-state index contributed by atoms with van der Waals surface area (Å²) < 4.78 is 38.6. The maximum Gasteiger partial charge on any atom is 0.416 e. The number of hydrogen-bond donors (Lipinski definition) is 0. The van der Waals surface area contributed by atoms with Crippen LogP contribution in [0.15, 0.2) is 70.7 Å². The fourth-order valence-electron chi connectivity index (χ4n) is 2.72. The molecule has 0 aliphatic rings. The molecular weight excluding hydrogens is 500 g/mol. The first-order chi connectivity index (χ1) is 15.6. The summed E-state index contributed by atoms with van der Waals surface area (Å²) in [6.07, 6.45) is -3.12. The summed E-state index contributed by atoms with van der Waals surface area (Å²) in [5.41, 5.74) is 0.640. The molecule has 0 saturated heterocycles. The van der Waals surface area contributed by atoms with Crippen LogP contribution in [-0.2, 0) is 23.4 Å².